The van der Waals surface area contributed by atoms with Crippen LogP contribution in [-0.4, -0.2) is 34.6 Å². The van der Waals surface area contributed by atoms with Crippen LogP contribution in [0.1, 0.15) is 19.8 Å². The Balaban J connectivity index is 1.93. The second-order valence-electron chi connectivity index (χ2n) is 4.47. The molecule has 9 heteroatoms. The Morgan fingerprint density at radius 1 is 1.45 bits per heavy atom. The van der Waals surface area contributed by atoms with Crippen LogP contribution in [0.25, 0.3) is 0 Å². The molecule has 22 heavy (non-hydrogen) atoms. The van der Waals surface area contributed by atoms with Crippen LogP contribution >= 0.6 is 11.6 Å². The maximum absolute atomic E-state index is 12.0. The zero-order valence-electron chi connectivity index (χ0n) is 11.6. The quantitative estimate of drug-likeness (QED) is 0.631. The maximum atomic E-state index is 12.0. The maximum Gasteiger partial charge on any atom is 0.355 e. The summed E-state index contributed by atoms with van der Waals surface area (Å²) in [6, 6.07) is 3.18. The highest BCUT2D eigenvalue weighted by atomic mass is 35.5. The lowest BCUT2D eigenvalue weighted by Crippen LogP contribution is -2.35. The molecule has 0 saturated carbocycles. The van der Waals surface area contributed by atoms with Gasteiger partial charge in [-0.1, -0.05) is 11.6 Å². The molecule has 0 spiro atoms. The van der Waals surface area contributed by atoms with Crippen molar-refractivity contribution in [2.45, 2.75) is 25.9 Å². The van der Waals surface area contributed by atoms with E-state index in [9.17, 15) is 14.4 Å². The second-order valence-corrected chi connectivity index (χ2v) is 4.83. The lowest BCUT2D eigenvalue weighted by Gasteiger charge is -2.16. The molecule has 2 heterocycles. The summed E-state index contributed by atoms with van der Waals surface area (Å²) >= 11 is 5.82. The summed E-state index contributed by atoms with van der Waals surface area (Å²) in [6.45, 7) is 1.42. The number of halogens is 1. The number of hydrogen-bond acceptors (Lipinski definition) is 6. The molecule has 0 unspecified atom stereocenters. The number of nitrogens with one attached hydrogen (secondary N) is 2. The van der Waals surface area contributed by atoms with Gasteiger partial charge in [0.25, 0.3) is 5.91 Å². The van der Waals surface area contributed by atoms with E-state index in [1.54, 1.807) is 12.1 Å². The molecule has 1 aromatic rings. The van der Waals surface area contributed by atoms with Crippen molar-refractivity contribution in [3.8, 4) is 0 Å². The van der Waals surface area contributed by atoms with Gasteiger partial charge in [-0.15, -0.1) is 0 Å². The molecule has 0 aromatic carbocycles. The molecule has 2 rings (SSSR count). The minimum atomic E-state index is -1.05. The van der Waals surface area contributed by atoms with Crippen molar-refractivity contribution in [2.24, 2.45) is 5.10 Å². The molecule has 1 aromatic heterocycles. The van der Waals surface area contributed by atoms with Crippen molar-refractivity contribution >= 4 is 40.8 Å². The van der Waals surface area contributed by atoms with Gasteiger partial charge in [-0.05, 0) is 19.1 Å². The first-order valence-corrected chi connectivity index (χ1v) is 6.83. The van der Waals surface area contributed by atoms with Crippen molar-refractivity contribution in [1.29, 1.82) is 0 Å². The van der Waals surface area contributed by atoms with Gasteiger partial charge in [0.2, 0.25) is 5.91 Å². The van der Waals surface area contributed by atoms with E-state index in [0.717, 1.165) is 0 Å². The van der Waals surface area contributed by atoms with Crippen LogP contribution < -0.4 is 10.7 Å². The molecule has 0 aliphatic carbocycles. The number of carbonyl (C=O) groups is 3. The Morgan fingerprint density at radius 3 is 2.86 bits per heavy atom. The molecule has 0 fully saturated rings. The summed E-state index contributed by atoms with van der Waals surface area (Å²) in [6.07, 6.45) is 0.758. The molecular weight excluding hydrogens is 312 g/mol. The normalized spacial score (nSPS) is 15.4. The van der Waals surface area contributed by atoms with Crippen LogP contribution in [0.15, 0.2) is 23.4 Å². The number of hydrogen-bond donors (Lipinski definition) is 2. The van der Waals surface area contributed by atoms with Crippen LogP contribution in [0.2, 0.25) is 5.15 Å². The average Bonchev–Trinajstić information content (AvgIpc) is 2.50. The third-order valence-electron chi connectivity index (χ3n) is 2.81. The SMILES string of the molecule is C[C@@H](OC(=O)C1=NNC(=O)CC1)C(=O)Nc1cccnc1Cl. The van der Waals surface area contributed by atoms with Crippen LogP contribution in [0.3, 0.4) is 0 Å². The summed E-state index contributed by atoms with van der Waals surface area (Å²) in [5.41, 5.74) is 2.57. The molecule has 8 nitrogen and oxygen atoms in total. The molecule has 0 saturated heterocycles. The van der Waals surface area contributed by atoms with E-state index in [-0.39, 0.29) is 29.6 Å². The van der Waals surface area contributed by atoms with Crippen LogP contribution in [-0.2, 0) is 19.1 Å². The van der Waals surface area contributed by atoms with E-state index in [1.165, 1.54) is 13.1 Å². The third kappa shape index (κ3) is 4.01. The van der Waals surface area contributed by atoms with Crippen molar-refractivity contribution in [1.82, 2.24) is 10.4 Å². The van der Waals surface area contributed by atoms with Gasteiger partial charge in [-0.3, -0.25) is 9.59 Å². The van der Waals surface area contributed by atoms with Gasteiger partial charge >= 0.3 is 5.97 Å². The molecule has 1 atom stereocenters. The van der Waals surface area contributed by atoms with Gasteiger partial charge in [-0.2, -0.15) is 5.10 Å². The Hall–Kier alpha value is -2.48. The Bertz CT molecular complexity index is 647. The first kappa shape index (κ1) is 15.9. The number of ether oxygens (including phenoxy) is 1. The Labute approximate surface area is 130 Å². The third-order valence-corrected chi connectivity index (χ3v) is 3.11. The summed E-state index contributed by atoms with van der Waals surface area (Å²) < 4.78 is 5.00. The lowest BCUT2D eigenvalue weighted by atomic mass is 10.2. The van der Waals surface area contributed by atoms with Gasteiger partial charge in [-0.25, -0.2) is 15.2 Å². The number of aromatic nitrogens is 1. The van der Waals surface area contributed by atoms with E-state index in [0.29, 0.717) is 5.69 Å². The summed E-state index contributed by atoms with van der Waals surface area (Å²) in [5.74, 6) is -1.57. The Morgan fingerprint density at radius 2 is 2.23 bits per heavy atom. The number of anilines is 1. The minimum absolute atomic E-state index is 0.0682. The minimum Gasteiger partial charge on any atom is -0.448 e. The Kier molecular flexibility index (Phi) is 5.05. The molecule has 0 bridgehead atoms. The van der Waals surface area contributed by atoms with Crippen molar-refractivity contribution in [3.63, 3.8) is 0 Å². The fraction of sp³-hybridized carbons (Fsp3) is 0.308. The zero-order valence-corrected chi connectivity index (χ0v) is 12.4. The first-order valence-electron chi connectivity index (χ1n) is 6.45. The van der Waals surface area contributed by atoms with Crippen molar-refractivity contribution in [2.75, 3.05) is 5.32 Å². The summed E-state index contributed by atoms with van der Waals surface area (Å²) in [4.78, 5) is 38.5. The number of nitrogens with zero attached hydrogens (tertiary/aromatic N) is 2. The van der Waals surface area contributed by atoms with Crippen LogP contribution in [0.5, 0.6) is 0 Å². The highest BCUT2D eigenvalue weighted by Crippen LogP contribution is 2.17. The van der Waals surface area contributed by atoms with E-state index in [1.807, 2.05) is 0 Å². The van der Waals surface area contributed by atoms with E-state index in [4.69, 9.17) is 16.3 Å². The fourth-order valence-electron chi connectivity index (χ4n) is 1.62. The zero-order chi connectivity index (χ0) is 16.1. The topological polar surface area (TPSA) is 110 Å². The smallest absolute Gasteiger partial charge is 0.355 e. The molecule has 116 valence electrons. The molecular formula is C13H13ClN4O4. The number of amides is 2. The number of rotatable bonds is 4. The first-order chi connectivity index (χ1) is 10.5. The number of esters is 1. The van der Waals surface area contributed by atoms with E-state index in [2.05, 4.69) is 20.8 Å². The van der Waals surface area contributed by atoms with E-state index < -0.39 is 18.0 Å². The average molecular weight is 325 g/mol. The van der Waals surface area contributed by atoms with Gasteiger partial charge in [0.1, 0.15) is 5.71 Å². The molecule has 2 amide bonds. The molecule has 1 aliphatic heterocycles. The van der Waals surface area contributed by atoms with Crippen molar-refractivity contribution < 1.29 is 19.1 Å². The van der Waals surface area contributed by atoms with Gasteiger partial charge in [0.15, 0.2) is 11.3 Å². The summed E-state index contributed by atoms with van der Waals surface area (Å²) in [5, 5.41) is 6.24. The molecule has 0 radical (unpaired) electrons. The number of pyridine rings is 1. The predicted octanol–water partition coefficient (Wildman–Crippen LogP) is 0.871. The standard InChI is InChI=1S/C13H13ClN4O4/c1-7(12(20)16-8-3-2-6-15-11(8)14)22-13(21)9-4-5-10(19)18-17-9/h2-3,6-7H,4-5H2,1H3,(H,16,20)(H,18,19)/t7-/m1/s1. The van der Waals surface area contributed by atoms with Gasteiger partial charge in [0, 0.05) is 19.0 Å². The molecule has 1 aliphatic rings. The highest BCUT2D eigenvalue weighted by molar-refractivity contribution is 6.37. The number of hydrazone groups is 1. The van der Waals surface area contributed by atoms with Crippen LogP contribution in [0.4, 0.5) is 5.69 Å². The lowest BCUT2D eigenvalue weighted by molar-refractivity contribution is -0.146. The number of carbonyl (C=O) groups excluding carboxylic acids is 3. The second kappa shape index (κ2) is 6.99. The predicted molar refractivity (Wildman–Crippen MR) is 78.2 cm³/mol. The highest BCUT2D eigenvalue weighted by Gasteiger charge is 2.24. The fourth-order valence-corrected chi connectivity index (χ4v) is 1.78. The largest absolute Gasteiger partial charge is 0.448 e. The van der Waals surface area contributed by atoms with Gasteiger partial charge < -0.3 is 10.1 Å². The van der Waals surface area contributed by atoms with Crippen molar-refractivity contribution in [3.05, 3.63) is 23.5 Å². The van der Waals surface area contributed by atoms with Gasteiger partial charge in [0.05, 0.1) is 5.69 Å². The monoisotopic (exact) mass is 324 g/mol. The van der Waals surface area contributed by atoms with E-state index >= 15 is 0 Å². The van der Waals surface area contributed by atoms with Crippen LogP contribution in [0, 0.1) is 0 Å². The summed E-state index contributed by atoms with van der Waals surface area (Å²) in [7, 11) is 0. The molecule has 2 N–H and O–H groups in total.